The van der Waals surface area contributed by atoms with Gasteiger partial charge < -0.3 is 5.11 Å². The summed E-state index contributed by atoms with van der Waals surface area (Å²) in [5.41, 5.74) is 0.598. The molecule has 0 amide bonds. The Hall–Kier alpha value is -0.530. The van der Waals surface area contributed by atoms with Crippen LogP contribution < -0.4 is 0 Å². The molecule has 82 valence electrons. The van der Waals surface area contributed by atoms with Gasteiger partial charge in [0.25, 0.3) is 0 Å². The largest absolute Gasteiger partial charge is 0.389 e. The van der Waals surface area contributed by atoms with Crippen molar-refractivity contribution in [2.75, 3.05) is 0 Å². The number of rotatable bonds is 4. The summed E-state index contributed by atoms with van der Waals surface area (Å²) in [6.45, 7) is 2.16. The Morgan fingerprint density at radius 1 is 1.47 bits per heavy atom. The predicted molar refractivity (Wildman–Crippen MR) is 63.1 cm³/mol. The van der Waals surface area contributed by atoms with Gasteiger partial charge in [-0.1, -0.05) is 43.1 Å². The maximum Gasteiger partial charge on any atom is 0.0721 e. The average molecular weight is 225 g/mol. The lowest BCUT2D eigenvalue weighted by molar-refractivity contribution is 0.129. The third-order valence-corrected chi connectivity index (χ3v) is 3.66. The van der Waals surface area contributed by atoms with E-state index in [1.807, 2.05) is 24.3 Å². The van der Waals surface area contributed by atoms with Crippen LogP contribution in [0.2, 0.25) is 5.02 Å². The van der Waals surface area contributed by atoms with E-state index in [0.717, 1.165) is 29.8 Å². The average Bonchev–Trinajstić information content (AvgIpc) is 2.82. The molecule has 0 heterocycles. The topological polar surface area (TPSA) is 20.2 Å². The SMILES string of the molecule is CCCC1CC1(O)Cc1ccccc1Cl. The monoisotopic (exact) mass is 224 g/mol. The minimum atomic E-state index is -0.471. The number of hydrogen-bond donors (Lipinski definition) is 1. The van der Waals surface area contributed by atoms with Crippen LogP contribution in [0.1, 0.15) is 31.7 Å². The molecule has 0 aliphatic heterocycles. The van der Waals surface area contributed by atoms with E-state index in [4.69, 9.17) is 11.6 Å². The molecule has 1 aromatic rings. The summed E-state index contributed by atoms with van der Waals surface area (Å²) in [7, 11) is 0. The lowest BCUT2D eigenvalue weighted by atomic mass is 10.0. The molecule has 1 N–H and O–H groups in total. The second-order valence-electron chi connectivity index (χ2n) is 4.56. The fourth-order valence-electron chi connectivity index (χ4n) is 2.28. The molecule has 0 aromatic heterocycles. The summed E-state index contributed by atoms with van der Waals surface area (Å²) in [6, 6.07) is 7.78. The maximum absolute atomic E-state index is 10.2. The van der Waals surface area contributed by atoms with Crippen LogP contribution in [0.3, 0.4) is 0 Å². The molecule has 1 aromatic carbocycles. The summed E-state index contributed by atoms with van der Waals surface area (Å²) < 4.78 is 0. The third kappa shape index (κ3) is 2.35. The standard InChI is InChI=1S/C13H17ClO/c1-2-5-11-9-13(11,15)8-10-6-3-4-7-12(10)14/h3-4,6-7,11,15H,2,5,8-9H2,1H3. The Kier molecular flexibility index (Phi) is 3.03. The molecule has 1 fully saturated rings. The summed E-state index contributed by atoms with van der Waals surface area (Å²) >= 11 is 6.07. The van der Waals surface area contributed by atoms with Gasteiger partial charge in [-0.05, 0) is 30.4 Å². The van der Waals surface area contributed by atoms with E-state index in [-0.39, 0.29) is 0 Å². The van der Waals surface area contributed by atoms with E-state index in [2.05, 4.69) is 6.92 Å². The second kappa shape index (κ2) is 4.15. The van der Waals surface area contributed by atoms with E-state index in [1.54, 1.807) is 0 Å². The molecule has 15 heavy (non-hydrogen) atoms. The maximum atomic E-state index is 10.2. The van der Waals surface area contributed by atoms with Gasteiger partial charge in [0.05, 0.1) is 5.60 Å². The fraction of sp³-hybridized carbons (Fsp3) is 0.538. The van der Waals surface area contributed by atoms with E-state index in [1.165, 1.54) is 0 Å². The Morgan fingerprint density at radius 3 is 2.87 bits per heavy atom. The van der Waals surface area contributed by atoms with Gasteiger partial charge in [-0.15, -0.1) is 0 Å². The van der Waals surface area contributed by atoms with Gasteiger partial charge in [0.15, 0.2) is 0 Å². The highest BCUT2D eigenvalue weighted by atomic mass is 35.5. The van der Waals surface area contributed by atoms with Crippen molar-refractivity contribution in [2.45, 2.75) is 38.2 Å². The molecular formula is C13H17ClO. The molecular weight excluding hydrogens is 208 g/mol. The summed E-state index contributed by atoms with van der Waals surface area (Å²) in [5.74, 6) is 0.485. The Morgan fingerprint density at radius 2 is 2.20 bits per heavy atom. The zero-order chi connectivity index (χ0) is 10.9. The van der Waals surface area contributed by atoms with Crippen LogP contribution in [-0.4, -0.2) is 10.7 Å². The molecule has 2 heteroatoms. The second-order valence-corrected chi connectivity index (χ2v) is 4.97. The highest BCUT2D eigenvalue weighted by Crippen LogP contribution is 2.49. The molecule has 0 saturated heterocycles. The predicted octanol–water partition coefficient (Wildman–Crippen LogP) is 3.43. The summed E-state index contributed by atoms with van der Waals surface area (Å²) in [4.78, 5) is 0. The van der Waals surface area contributed by atoms with Gasteiger partial charge in [0.1, 0.15) is 0 Å². The van der Waals surface area contributed by atoms with Gasteiger partial charge in [0.2, 0.25) is 0 Å². The van der Waals surface area contributed by atoms with Crippen LogP contribution in [0.15, 0.2) is 24.3 Å². The van der Waals surface area contributed by atoms with E-state index >= 15 is 0 Å². The van der Waals surface area contributed by atoms with Crippen molar-refractivity contribution in [1.29, 1.82) is 0 Å². The van der Waals surface area contributed by atoms with Crippen molar-refractivity contribution in [3.05, 3.63) is 34.9 Å². The van der Waals surface area contributed by atoms with Crippen LogP contribution in [-0.2, 0) is 6.42 Å². The summed E-state index contributed by atoms with van der Waals surface area (Å²) in [6.07, 6.45) is 3.92. The van der Waals surface area contributed by atoms with Crippen LogP contribution in [0.5, 0.6) is 0 Å². The summed E-state index contributed by atoms with van der Waals surface area (Å²) in [5, 5.41) is 11.0. The Balaban J connectivity index is 2.02. The van der Waals surface area contributed by atoms with Crippen LogP contribution in [0.25, 0.3) is 0 Å². The zero-order valence-corrected chi connectivity index (χ0v) is 9.80. The first-order chi connectivity index (χ1) is 7.15. The first kappa shape index (κ1) is 11.0. The van der Waals surface area contributed by atoms with E-state index in [9.17, 15) is 5.11 Å². The zero-order valence-electron chi connectivity index (χ0n) is 9.04. The van der Waals surface area contributed by atoms with Crippen molar-refractivity contribution < 1.29 is 5.11 Å². The number of halogens is 1. The Bertz CT molecular complexity index is 350. The van der Waals surface area contributed by atoms with Gasteiger partial charge >= 0.3 is 0 Å². The van der Waals surface area contributed by atoms with Crippen molar-refractivity contribution in [1.82, 2.24) is 0 Å². The van der Waals surface area contributed by atoms with Gasteiger partial charge in [-0.25, -0.2) is 0 Å². The first-order valence-electron chi connectivity index (χ1n) is 5.61. The fourth-order valence-corrected chi connectivity index (χ4v) is 2.48. The van der Waals surface area contributed by atoms with E-state index < -0.39 is 5.60 Å². The van der Waals surface area contributed by atoms with Crippen LogP contribution >= 0.6 is 11.6 Å². The van der Waals surface area contributed by atoms with Gasteiger partial charge in [-0.2, -0.15) is 0 Å². The number of benzene rings is 1. The van der Waals surface area contributed by atoms with Gasteiger partial charge in [0, 0.05) is 11.4 Å². The molecule has 1 aliphatic carbocycles. The molecule has 1 saturated carbocycles. The highest BCUT2D eigenvalue weighted by Gasteiger charge is 2.51. The molecule has 0 bridgehead atoms. The number of aliphatic hydroxyl groups is 1. The van der Waals surface area contributed by atoms with Crippen molar-refractivity contribution in [3.63, 3.8) is 0 Å². The van der Waals surface area contributed by atoms with Crippen molar-refractivity contribution >= 4 is 11.6 Å². The molecule has 2 atom stereocenters. The Labute approximate surface area is 96.1 Å². The first-order valence-corrected chi connectivity index (χ1v) is 5.99. The lowest BCUT2D eigenvalue weighted by Gasteiger charge is -2.11. The molecule has 2 rings (SSSR count). The molecule has 2 unspecified atom stereocenters. The van der Waals surface area contributed by atoms with Gasteiger partial charge in [-0.3, -0.25) is 0 Å². The smallest absolute Gasteiger partial charge is 0.0721 e. The molecule has 1 aliphatic rings. The van der Waals surface area contributed by atoms with E-state index in [0.29, 0.717) is 12.3 Å². The molecule has 0 radical (unpaired) electrons. The minimum absolute atomic E-state index is 0.471. The van der Waals surface area contributed by atoms with Crippen LogP contribution in [0, 0.1) is 5.92 Å². The van der Waals surface area contributed by atoms with Crippen molar-refractivity contribution in [2.24, 2.45) is 5.92 Å². The highest BCUT2D eigenvalue weighted by molar-refractivity contribution is 6.31. The van der Waals surface area contributed by atoms with Crippen LogP contribution in [0.4, 0.5) is 0 Å². The minimum Gasteiger partial charge on any atom is -0.389 e. The molecule has 1 nitrogen and oxygen atoms in total. The molecule has 0 spiro atoms. The normalized spacial score (nSPS) is 29.1. The lowest BCUT2D eigenvalue weighted by Crippen LogP contribution is -2.15. The number of hydrogen-bond acceptors (Lipinski definition) is 1. The quantitative estimate of drug-likeness (QED) is 0.831. The third-order valence-electron chi connectivity index (χ3n) is 3.29. The van der Waals surface area contributed by atoms with Crippen molar-refractivity contribution in [3.8, 4) is 0 Å².